The van der Waals surface area contributed by atoms with Gasteiger partial charge in [0.25, 0.3) is 0 Å². The third-order valence-electron chi connectivity index (χ3n) is 5.97. The van der Waals surface area contributed by atoms with Gasteiger partial charge < -0.3 is 20.3 Å². The first kappa shape index (κ1) is 23.5. The fraction of sp³-hybridized carbons (Fsp3) is 0.636. The molecule has 0 radical (unpaired) electrons. The van der Waals surface area contributed by atoms with E-state index in [2.05, 4.69) is 17.6 Å². The van der Waals surface area contributed by atoms with Crippen molar-refractivity contribution in [3.63, 3.8) is 0 Å². The van der Waals surface area contributed by atoms with E-state index in [-0.39, 0.29) is 35.6 Å². The van der Waals surface area contributed by atoms with Crippen LogP contribution in [0.25, 0.3) is 0 Å². The average Bonchev–Trinajstić information content (AvgIpc) is 2.73. The molecule has 2 fully saturated rings. The van der Waals surface area contributed by atoms with Crippen LogP contribution >= 0.6 is 12.4 Å². The topological polar surface area (TPSA) is 70.7 Å². The molecule has 2 heterocycles. The maximum Gasteiger partial charge on any atom is 0.226 e. The molecule has 1 unspecified atom stereocenters. The monoisotopic (exact) mass is 423 g/mol. The van der Waals surface area contributed by atoms with Crippen LogP contribution in [-0.4, -0.2) is 56.0 Å². The number of piperidine rings is 2. The van der Waals surface area contributed by atoms with E-state index < -0.39 is 0 Å². The van der Waals surface area contributed by atoms with Crippen LogP contribution in [0, 0.1) is 11.3 Å². The molecule has 3 rings (SSSR count). The third-order valence-corrected chi connectivity index (χ3v) is 5.97. The zero-order valence-electron chi connectivity index (χ0n) is 17.3. The number of likely N-dealkylation sites (tertiary alicyclic amines) is 1. The summed E-state index contributed by atoms with van der Waals surface area (Å²) in [6.07, 6.45) is 4.25. The number of benzene rings is 1. The van der Waals surface area contributed by atoms with Gasteiger partial charge in [-0.2, -0.15) is 0 Å². The van der Waals surface area contributed by atoms with Crippen LogP contribution in [0.1, 0.15) is 39.0 Å². The van der Waals surface area contributed by atoms with Crippen molar-refractivity contribution >= 4 is 24.2 Å². The van der Waals surface area contributed by atoms with E-state index in [1.165, 1.54) is 0 Å². The van der Waals surface area contributed by atoms with E-state index in [4.69, 9.17) is 4.74 Å². The maximum absolute atomic E-state index is 12.7. The highest BCUT2D eigenvalue weighted by Gasteiger charge is 2.31. The number of nitrogens with zero attached hydrogens (tertiary/aromatic N) is 1. The SMILES string of the molecule is CC1(CNC(=O)C2CCCN(C(=O)CCOc3ccccc3)C2)CCNCC1.Cl. The molecule has 7 heteroatoms. The first-order valence-electron chi connectivity index (χ1n) is 10.5. The van der Waals surface area contributed by atoms with Crippen molar-refractivity contribution in [2.24, 2.45) is 11.3 Å². The van der Waals surface area contributed by atoms with Crippen LogP contribution in [0.15, 0.2) is 30.3 Å². The molecule has 0 saturated carbocycles. The number of nitrogens with one attached hydrogen (secondary N) is 2. The second-order valence-electron chi connectivity index (χ2n) is 8.37. The molecule has 6 nitrogen and oxygen atoms in total. The Balaban J connectivity index is 0.00000300. The molecule has 2 amide bonds. The normalized spacial score (nSPS) is 21.0. The van der Waals surface area contributed by atoms with Crippen LogP contribution in [-0.2, 0) is 9.59 Å². The molecule has 0 aliphatic carbocycles. The molecule has 2 N–H and O–H groups in total. The fourth-order valence-corrected chi connectivity index (χ4v) is 4.00. The number of halogens is 1. The zero-order valence-corrected chi connectivity index (χ0v) is 18.1. The van der Waals surface area contributed by atoms with E-state index in [9.17, 15) is 9.59 Å². The van der Waals surface area contributed by atoms with Gasteiger partial charge in [-0.1, -0.05) is 25.1 Å². The summed E-state index contributed by atoms with van der Waals surface area (Å²) in [6.45, 7) is 6.63. The highest BCUT2D eigenvalue weighted by molar-refractivity contribution is 5.85. The summed E-state index contributed by atoms with van der Waals surface area (Å²) >= 11 is 0. The van der Waals surface area contributed by atoms with Crippen molar-refractivity contribution in [1.29, 1.82) is 0 Å². The van der Waals surface area contributed by atoms with Gasteiger partial charge in [-0.25, -0.2) is 0 Å². The molecule has 1 aromatic rings. The first-order chi connectivity index (χ1) is 13.6. The van der Waals surface area contributed by atoms with Crippen LogP contribution in [0.3, 0.4) is 0 Å². The molecule has 2 aliphatic heterocycles. The molecule has 2 saturated heterocycles. The Labute approximate surface area is 180 Å². The van der Waals surface area contributed by atoms with Crippen molar-refractivity contribution in [3.05, 3.63) is 30.3 Å². The largest absolute Gasteiger partial charge is 0.493 e. The van der Waals surface area contributed by atoms with Gasteiger partial charge in [-0.3, -0.25) is 9.59 Å². The van der Waals surface area contributed by atoms with Crippen molar-refractivity contribution in [3.8, 4) is 5.75 Å². The number of carbonyl (C=O) groups is 2. The second kappa shape index (κ2) is 11.4. The second-order valence-corrected chi connectivity index (χ2v) is 8.37. The summed E-state index contributed by atoms with van der Waals surface area (Å²) in [5.41, 5.74) is 0.180. The van der Waals surface area contributed by atoms with Gasteiger partial charge in [-0.15, -0.1) is 12.4 Å². The Morgan fingerprint density at radius 3 is 2.69 bits per heavy atom. The van der Waals surface area contributed by atoms with E-state index >= 15 is 0 Å². The Morgan fingerprint density at radius 1 is 1.24 bits per heavy atom. The smallest absolute Gasteiger partial charge is 0.226 e. The molecular weight excluding hydrogens is 390 g/mol. The highest BCUT2D eigenvalue weighted by atomic mass is 35.5. The van der Waals surface area contributed by atoms with E-state index in [0.29, 0.717) is 19.6 Å². The first-order valence-corrected chi connectivity index (χ1v) is 10.5. The molecule has 1 aromatic carbocycles. The van der Waals surface area contributed by atoms with Crippen molar-refractivity contribution < 1.29 is 14.3 Å². The van der Waals surface area contributed by atoms with E-state index in [0.717, 1.165) is 57.6 Å². The van der Waals surface area contributed by atoms with Gasteiger partial charge in [0.2, 0.25) is 11.8 Å². The van der Waals surface area contributed by atoms with Crippen molar-refractivity contribution in [2.45, 2.75) is 39.0 Å². The Morgan fingerprint density at radius 2 is 1.97 bits per heavy atom. The molecule has 0 aromatic heterocycles. The Kier molecular flexibility index (Phi) is 9.24. The molecule has 0 spiro atoms. The summed E-state index contributed by atoms with van der Waals surface area (Å²) in [4.78, 5) is 27.0. The van der Waals surface area contributed by atoms with Crippen LogP contribution in [0.2, 0.25) is 0 Å². The zero-order chi connectivity index (χ0) is 19.8. The van der Waals surface area contributed by atoms with Crippen LogP contribution in [0.4, 0.5) is 0 Å². The number of hydrogen-bond donors (Lipinski definition) is 2. The third kappa shape index (κ3) is 7.19. The Bertz CT molecular complexity index is 650. The number of hydrogen-bond acceptors (Lipinski definition) is 4. The minimum absolute atomic E-state index is 0. The lowest BCUT2D eigenvalue weighted by Gasteiger charge is -2.36. The van der Waals surface area contributed by atoms with Gasteiger partial charge in [0.15, 0.2) is 0 Å². The molecule has 29 heavy (non-hydrogen) atoms. The number of ether oxygens (including phenoxy) is 1. The quantitative estimate of drug-likeness (QED) is 0.707. The minimum atomic E-state index is -0.0990. The summed E-state index contributed by atoms with van der Waals surface area (Å²) in [7, 11) is 0. The number of carbonyl (C=O) groups excluding carboxylic acids is 2. The number of para-hydroxylation sites is 1. The number of amides is 2. The summed E-state index contributed by atoms with van der Waals surface area (Å²) < 4.78 is 5.63. The standard InChI is InChI=1S/C22H33N3O3.ClH/c1-22(10-12-23-13-11-22)17-24-21(27)18-6-5-14-25(16-18)20(26)9-15-28-19-7-3-2-4-8-19;/h2-4,7-8,18,23H,5-6,9-17H2,1H3,(H,24,27);1H. The molecule has 1 atom stereocenters. The van der Waals surface area contributed by atoms with Gasteiger partial charge in [-0.05, 0) is 56.3 Å². The maximum atomic E-state index is 12.7. The lowest BCUT2D eigenvalue weighted by molar-refractivity contribution is -0.136. The van der Waals surface area contributed by atoms with Gasteiger partial charge >= 0.3 is 0 Å². The van der Waals surface area contributed by atoms with E-state index in [1.807, 2.05) is 35.2 Å². The summed E-state index contributed by atoms with van der Waals surface area (Å²) in [5, 5.41) is 6.53. The molecular formula is C22H34ClN3O3. The van der Waals surface area contributed by atoms with Gasteiger partial charge in [0.05, 0.1) is 18.9 Å². The molecule has 162 valence electrons. The lowest BCUT2D eigenvalue weighted by atomic mass is 9.81. The lowest BCUT2D eigenvalue weighted by Crippen LogP contribution is -2.48. The fourth-order valence-electron chi connectivity index (χ4n) is 4.00. The minimum Gasteiger partial charge on any atom is -0.493 e. The van der Waals surface area contributed by atoms with Crippen LogP contribution < -0.4 is 15.4 Å². The predicted molar refractivity (Wildman–Crippen MR) is 116 cm³/mol. The molecule has 2 aliphatic rings. The van der Waals surface area contributed by atoms with Crippen molar-refractivity contribution in [1.82, 2.24) is 15.5 Å². The average molecular weight is 424 g/mol. The van der Waals surface area contributed by atoms with Crippen molar-refractivity contribution in [2.75, 3.05) is 39.3 Å². The van der Waals surface area contributed by atoms with Crippen LogP contribution in [0.5, 0.6) is 5.75 Å². The summed E-state index contributed by atoms with van der Waals surface area (Å²) in [5.74, 6) is 0.840. The molecule has 0 bridgehead atoms. The highest BCUT2D eigenvalue weighted by Crippen LogP contribution is 2.27. The summed E-state index contributed by atoms with van der Waals surface area (Å²) in [6, 6.07) is 9.52. The van der Waals surface area contributed by atoms with E-state index in [1.54, 1.807) is 0 Å². The van der Waals surface area contributed by atoms with Gasteiger partial charge in [0, 0.05) is 19.6 Å². The number of rotatable bonds is 7. The Hall–Kier alpha value is -1.79. The predicted octanol–water partition coefficient (Wildman–Crippen LogP) is 2.62. The van der Waals surface area contributed by atoms with Gasteiger partial charge in [0.1, 0.15) is 5.75 Å².